The Bertz CT molecular complexity index is 680. The van der Waals surface area contributed by atoms with Crippen molar-refractivity contribution >= 4 is 22.9 Å². The first-order chi connectivity index (χ1) is 9.93. The van der Waals surface area contributed by atoms with Crippen molar-refractivity contribution in [3.63, 3.8) is 0 Å². The van der Waals surface area contributed by atoms with Crippen LogP contribution in [0, 0.1) is 5.92 Å². The van der Waals surface area contributed by atoms with E-state index in [4.69, 9.17) is 5.11 Å². The van der Waals surface area contributed by atoms with Gasteiger partial charge in [0.05, 0.1) is 11.4 Å². The molecule has 0 aliphatic carbocycles. The standard InChI is InChI=1S/C14H18N4O3/c1-4-18-12-6-5-10(7-11(12)15-16-18)13(19)17(3)8-9(2)14(20)21/h5-7,9H,4,8H2,1-3H3,(H,20,21). The fourth-order valence-corrected chi connectivity index (χ4v) is 2.13. The van der Waals surface area contributed by atoms with Crippen molar-refractivity contribution in [2.75, 3.05) is 13.6 Å². The second-order valence-corrected chi connectivity index (χ2v) is 5.03. The highest BCUT2D eigenvalue weighted by Crippen LogP contribution is 2.15. The molecule has 2 aromatic rings. The summed E-state index contributed by atoms with van der Waals surface area (Å²) in [6, 6.07) is 5.20. The number of carboxylic acid groups (broad SMARTS) is 1. The fraction of sp³-hybridized carbons (Fsp3) is 0.429. The number of hydrogen-bond donors (Lipinski definition) is 1. The third-order valence-electron chi connectivity index (χ3n) is 3.38. The number of hydrogen-bond acceptors (Lipinski definition) is 4. The molecule has 0 saturated heterocycles. The number of fused-ring (bicyclic) bond motifs is 1. The number of carbonyl (C=O) groups is 2. The number of aryl methyl sites for hydroxylation is 1. The summed E-state index contributed by atoms with van der Waals surface area (Å²) in [5, 5.41) is 16.9. The van der Waals surface area contributed by atoms with Gasteiger partial charge in [0.2, 0.25) is 0 Å². The summed E-state index contributed by atoms with van der Waals surface area (Å²) in [5.74, 6) is -1.75. The summed E-state index contributed by atoms with van der Waals surface area (Å²) in [4.78, 5) is 24.6. The van der Waals surface area contributed by atoms with Crippen molar-refractivity contribution in [2.24, 2.45) is 5.92 Å². The zero-order valence-corrected chi connectivity index (χ0v) is 12.3. The predicted molar refractivity (Wildman–Crippen MR) is 77.0 cm³/mol. The minimum absolute atomic E-state index is 0.161. The van der Waals surface area contributed by atoms with Gasteiger partial charge < -0.3 is 10.0 Å². The first-order valence-corrected chi connectivity index (χ1v) is 6.75. The molecule has 21 heavy (non-hydrogen) atoms. The molecular weight excluding hydrogens is 272 g/mol. The van der Waals surface area contributed by atoms with Crippen LogP contribution in [0.1, 0.15) is 24.2 Å². The summed E-state index contributed by atoms with van der Waals surface area (Å²) in [5.41, 5.74) is 2.00. The minimum Gasteiger partial charge on any atom is -0.481 e. The second-order valence-electron chi connectivity index (χ2n) is 5.03. The fourth-order valence-electron chi connectivity index (χ4n) is 2.13. The van der Waals surface area contributed by atoms with Gasteiger partial charge in [0.1, 0.15) is 5.52 Å². The van der Waals surface area contributed by atoms with Crippen LogP contribution >= 0.6 is 0 Å². The Kier molecular flexibility index (Phi) is 4.21. The Morgan fingerprint density at radius 2 is 2.14 bits per heavy atom. The first kappa shape index (κ1) is 15.0. The number of benzene rings is 1. The second kappa shape index (κ2) is 5.90. The van der Waals surface area contributed by atoms with E-state index < -0.39 is 11.9 Å². The van der Waals surface area contributed by atoms with E-state index in [-0.39, 0.29) is 12.5 Å². The van der Waals surface area contributed by atoms with E-state index in [1.165, 1.54) is 4.90 Å². The number of carboxylic acids is 1. The molecule has 0 bridgehead atoms. The van der Waals surface area contributed by atoms with Crippen molar-refractivity contribution < 1.29 is 14.7 Å². The van der Waals surface area contributed by atoms with Crippen molar-refractivity contribution in [3.05, 3.63) is 23.8 Å². The lowest BCUT2D eigenvalue weighted by atomic mass is 10.1. The number of rotatable bonds is 5. The van der Waals surface area contributed by atoms with Crippen LogP contribution in [0.4, 0.5) is 0 Å². The predicted octanol–water partition coefficient (Wildman–Crippen LogP) is 1.24. The van der Waals surface area contributed by atoms with Crippen molar-refractivity contribution in [1.29, 1.82) is 0 Å². The molecule has 1 amide bonds. The molecule has 0 saturated carbocycles. The Labute approximate surface area is 122 Å². The summed E-state index contributed by atoms with van der Waals surface area (Å²) in [7, 11) is 1.59. The van der Waals surface area contributed by atoms with Gasteiger partial charge >= 0.3 is 5.97 Å². The van der Waals surface area contributed by atoms with E-state index in [2.05, 4.69) is 10.3 Å². The van der Waals surface area contributed by atoms with Crippen LogP contribution in [0.25, 0.3) is 11.0 Å². The molecule has 1 aromatic carbocycles. The molecule has 0 radical (unpaired) electrons. The van der Waals surface area contributed by atoms with E-state index in [0.29, 0.717) is 17.6 Å². The number of aliphatic carboxylic acids is 1. The monoisotopic (exact) mass is 290 g/mol. The van der Waals surface area contributed by atoms with E-state index in [0.717, 1.165) is 5.52 Å². The van der Waals surface area contributed by atoms with Gasteiger partial charge in [0.25, 0.3) is 5.91 Å². The Balaban J connectivity index is 2.21. The average Bonchev–Trinajstić information content (AvgIpc) is 2.88. The Morgan fingerprint density at radius 1 is 1.43 bits per heavy atom. The topological polar surface area (TPSA) is 88.3 Å². The lowest BCUT2D eigenvalue weighted by Crippen LogP contribution is -2.33. The summed E-state index contributed by atoms with van der Waals surface area (Å²) >= 11 is 0. The molecule has 0 aliphatic rings. The van der Waals surface area contributed by atoms with Gasteiger partial charge in [-0.05, 0) is 25.1 Å². The van der Waals surface area contributed by atoms with Crippen LogP contribution in [-0.4, -0.2) is 50.5 Å². The maximum absolute atomic E-state index is 12.3. The van der Waals surface area contributed by atoms with Crippen LogP contribution < -0.4 is 0 Å². The molecule has 1 atom stereocenters. The summed E-state index contributed by atoms with van der Waals surface area (Å²) in [6.45, 7) is 4.41. The van der Waals surface area contributed by atoms with Crippen LogP contribution in [0.2, 0.25) is 0 Å². The number of aromatic nitrogens is 3. The molecule has 2 rings (SSSR count). The smallest absolute Gasteiger partial charge is 0.308 e. The van der Waals surface area contributed by atoms with E-state index in [1.807, 2.05) is 6.92 Å². The molecular formula is C14H18N4O3. The largest absolute Gasteiger partial charge is 0.481 e. The third-order valence-corrected chi connectivity index (χ3v) is 3.38. The molecule has 7 nitrogen and oxygen atoms in total. The van der Waals surface area contributed by atoms with Gasteiger partial charge in [-0.2, -0.15) is 0 Å². The van der Waals surface area contributed by atoms with E-state index >= 15 is 0 Å². The molecule has 0 spiro atoms. The van der Waals surface area contributed by atoms with Gasteiger partial charge in [-0.1, -0.05) is 12.1 Å². The Morgan fingerprint density at radius 3 is 2.76 bits per heavy atom. The number of carbonyl (C=O) groups excluding carboxylic acids is 1. The zero-order chi connectivity index (χ0) is 15.6. The minimum atomic E-state index is -0.920. The normalized spacial score (nSPS) is 12.3. The number of nitrogens with zero attached hydrogens (tertiary/aromatic N) is 4. The van der Waals surface area contributed by atoms with Crippen molar-refractivity contribution in [3.8, 4) is 0 Å². The van der Waals surface area contributed by atoms with Crippen molar-refractivity contribution in [1.82, 2.24) is 19.9 Å². The van der Waals surface area contributed by atoms with Crippen molar-refractivity contribution in [2.45, 2.75) is 20.4 Å². The highest BCUT2D eigenvalue weighted by Gasteiger charge is 2.19. The lowest BCUT2D eigenvalue weighted by Gasteiger charge is -2.19. The van der Waals surface area contributed by atoms with Crippen LogP contribution in [0.15, 0.2) is 18.2 Å². The van der Waals surface area contributed by atoms with Crippen LogP contribution in [0.5, 0.6) is 0 Å². The highest BCUT2D eigenvalue weighted by molar-refractivity contribution is 5.97. The third kappa shape index (κ3) is 3.01. The van der Waals surface area contributed by atoms with Crippen LogP contribution in [-0.2, 0) is 11.3 Å². The summed E-state index contributed by atoms with van der Waals surface area (Å²) in [6.07, 6.45) is 0. The molecule has 1 aromatic heterocycles. The van der Waals surface area contributed by atoms with E-state index in [9.17, 15) is 9.59 Å². The maximum atomic E-state index is 12.3. The molecule has 7 heteroatoms. The van der Waals surface area contributed by atoms with Gasteiger partial charge in [-0.3, -0.25) is 9.59 Å². The average molecular weight is 290 g/mol. The molecule has 1 unspecified atom stereocenters. The highest BCUT2D eigenvalue weighted by atomic mass is 16.4. The molecule has 1 N–H and O–H groups in total. The quantitative estimate of drug-likeness (QED) is 0.895. The Hall–Kier alpha value is -2.44. The SMILES string of the molecule is CCn1nnc2cc(C(=O)N(C)CC(C)C(=O)O)ccc21. The van der Waals surface area contributed by atoms with E-state index in [1.54, 1.807) is 36.9 Å². The lowest BCUT2D eigenvalue weighted by molar-refractivity contribution is -0.141. The van der Waals surface area contributed by atoms with Gasteiger partial charge in [0, 0.05) is 25.7 Å². The number of amides is 1. The van der Waals surface area contributed by atoms with Gasteiger partial charge in [0.15, 0.2) is 0 Å². The van der Waals surface area contributed by atoms with Gasteiger partial charge in [-0.15, -0.1) is 5.10 Å². The summed E-state index contributed by atoms with van der Waals surface area (Å²) < 4.78 is 1.75. The molecule has 1 heterocycles. The molecule has 0 aliphatic heterocycles. The van der Waals surface area contributed by atoms with Gasteiger partial charge in [-0.25, -0.2) is 4.68 Å². The molecule has 0 fully saturated rings. The zero-order valence-electron chi connectivity index (χ0n) is 12.3. The van der Waals surface area contributed by atoms with Crippen LogP contribution in [0.3, 0.4) is 0 Å². The first-order valence-electron chi connectivity index (χ1n) is 6.75. The molecule has 112 valence electrons. The maximum Gasteiger partial charge on any atom is 0.308 e.